The maximum Gasteiger partial charge on any atom is 0.337 e. The molecule has 2 N–H and O–H groups in total. The zero-order valence-corrected chi connectivity index (χ0v) is 12.1. The Kier molecular flexibility index (Phi) is 3.34. The first-order valence-corrected chi connectivity index (χ1v) is 7.30. The molecule has 0 fully saturated rings. The number of aromatic amines is 1. The zero-order chi connectivity index (χ0) is 15.0. The highest BCUT2D eigenvalue weighted by molar-refractivity contribution is 7.09. The minimum Gasteiger partial charge on any atom is -0.478 e. The third-order valence-electron chi connectivity index (χ3n) is 3.35. The van der Waals surface area contributed by atoms with Crippen LogP contribution in [0.25, 0.3) is 11.0 Å². The largest absolute Gasteiger partial charge is 0.478 e. The Morgan fingerprint density at radius 1 is 1.52 bits per heavy atom. The average molecular weight is 303 g/mol. The second-order valence-electron chi connectivity index (χ2n) is 4.82. The van der Waals surface area contributed by atoms with E-state index in [1.165, 1.54) is 22.0 Å². The molecule has 0 amide bonds. The van der Waals surface area contributed by atoms with Crippen molar-refractivity contribution in [1.29, 1.82) is 0 Å². The van der Waals surface area contributed by atoms with Gasteiger partial charge in [0, 0.05) is 24.0 Å². The molecule has 0 spiro atoms. The number of carbonyl (C=O) groups is 1. The summed E-state index contributed by atoms with van der Waals surface area (Å²) in [5, 5.41) is 12.1. The van der Waals surface area contributed by atoms with Gasteiger partial charge in [-0.2, -0.15) is 0 Å². The average Bonchev–Trinajstić information content (AvgIpc) is 3.07. The van der Waals surface area contributed by atoms with Crippen LogP contribution in [0.5, 0.6) is 0 Å². The van der Waals surface area contributed by atoms with Crippen molar-refractivity contribution >= 4 is 28.3 Å². The van der Waals surface area contributed by atoms with Crippen molar-refractivity contribution < 1.29 is 9.90 Å². The fourth-order valence-corrected chi connectivity index (χ4v) is 3.09. The third kappa shape index (κ3) is 2.36. The number of thiazole rings is 1. The summed E-state index contributed by atoms with van der Waals surface area (Å²) in [6.45, 7) is 2.35. The summed E-state index contributed by atoms with van der Waals surface area (Å²) in [5.41, 5.74) is 0.781. The Hall–Kier alpha value is -2.41. The molecule has 7 heteroatoms. The highest BCUT2D eigenvalue weighted by Crippen LogP contribution is 2.22. The van der Waals surface area contributed by atoms with Gasteiger partial charge >= 0.3 is 11.7 Å². The molecule has 0 bridgehead atoms. The molecule has 1 unspecified atom stereocenters. The van der Waals surface area contributed by atoms with Gasteiger partial charge < -0.3 is 10.1 Å². The Morgan fingerprint density at radius 3 is 3.00 bits per heavy atom. The number of carboxylic acid groups (broad SMARTS) is 1. The molecule has 1 atom stereocenters. The Labute approximate surface area is 123 Å². The molecular weight excluding hydrogens is 290 g/mol. The molecule has 3 aromatic rings. The van der Waals surface area contributed by atoms with Gasteiger partial charge in [-0.15, -0.1) is 11.3 Å². The van der Waals surface area contributed by atoms with Gasteiger partial charge in [0.15, 0.2) is 0 Å². The van der Waals surface area contributed by atoms with Gasteiger partial charge in [0.1, 0.15) is 0 Å². The lowest BCUT2D eigenvalue weighted by atomic mass is 10.1. The molecule has 0 saturated carbocycles. The minimum absolute atomic E-state index is 0.0311. The fourth-order valence-electron chi connectivity index (χ4n) is 2.40. The Bertz CT molecular complexity index is 848. The summed E-state index contributed by atoms with van der Waals surface area (Å²) in [7, 11) is 0. The smallest absolute Gasteiger partial charge is 0.337 e. The number of hydrogen-bond donors (Lipinski definition) is 2. The number of aromatic carboxylic acids is 1. The highest BCUT2D eigenvalue weighted by atomic mass is 32.1. The summed E-state index contributed by atoms with van der Waals surface area (Å²) in [6.07, 6.45) is 1.72. The van der Waals surface area contributed by atoms with Crippen LogP contribution in [0.4, 0.5) is 0 Å². The predicted octanol–water partition coefficient (Wildman–Crippen LogP) is 2.29. The van der Waals surface area contributed by atoms with E-state index in [1.807, 2.05) is 12.3 Å². The topological polar surface area (TPSA) is 88.0 Å². The molecule has 0 aliphatic carbocycles. The summed E-state index contributed by atoms with van der Waals surface area (Å²) in [6, 6.07) is 4.83. The molecule has 2 aromatic heterocycles. The first kappa shape index (κ1) is 13.6. The lowest BCUT2D eigenvalue weighted by Crippen LogP contribution is -2.20. The number of aromatic nitrogens is 3. The monoisotopic (exact) mass is 303 g/mol. The molecule has 0 aliphatic rings. The van der Waals surface area contributed by atoms with Crippen LogP contribution < -0.4 is 5.69 Å². The molecule has 0 radical (unpaired) electrons. The zero-order valence-electron chi connectivity index (χ0n) is 11.2. The van der Waals surface area contributed by atoms with Crippen LogP contribution in [0.1, 0.15) is 28.2 Å². The van der Waals surface area contributed by atoms with E-state index in [1.54, 1.807) is 18.3 Å². The van der Waals surface area contributed by atoms with Crippen molar-refractivity contribution in [2.24, 2.45) is 0 Å². The number of hydrogen-bond acceptors (Lipinski definition) is 4. The van der Waals surface area contributed by atoms with Gasteiger partial charge in [-0.1, -0.05) is 13.0 Å². The van der Waals surface area contributed by atoms with Crippen LogP contribution in [-0.2, 0) is 6.54 Å². The van der Waals surface area contributed by atoms with Crippen molar-refractivity contribution in [3.63, 3.8) is 0 Å². The van der Waals surface area contributed by atoms with Crippen molar-refractivity contribution in [3.05, 3.63) is 50.8 Å². The van der Waals surface area contributed by atoms with E-state index in [0.29, 0.717) is 17.6 Å². The minimum atomic E-state index is -1.05. The number of imidazole rings is 1. The molecule has 108 valence electrons. The fraction of sp³-hybridized carbons (Fsp3) is 0.214. The number of H-pyrrole nitrogens is 1. The van der Waals surface area contributed by atoms with E-state index >= 15 is 0 Å². The molecule has 3 rings (SSSR count). The summed E-state index contributed by atoms with van der Waals surface area (Å²) < 4.78 is 1.48. The quantitative estimate of drug-likeness (QED) is 0.774. The van der Waals surface area contributed by atoms with Crippen LogP contribution >= 0.6 is 11.3 Å². The van der Waals surface area contributed by atoms with Crippen molar-refractivity contribution in [2.75, 3.05) is 0 Å². The molecular formula is C14H13N3O3S. The number of para-hydroxylation sites is 1. The van der Waals surface area contributed by atoms with Gasteiger partial charge in [0.2, 0.25) is 0 Å². The van der Waals surface area contributed by atoms with Gasteiger partial charge in [-0.25, -0.2) is 14.6 Å². The van der Waals surface area contributed by atoms with E-state index in [4.69, 9.17) is 0 Å². The second-order valence-corrected chi connectivity index (χ2v) is 5.75. The van der Waals surface area contributed by atoms with E-state index in [9.17, 15) is 14.7 Å². The molecule has 0 saturated heterocycles. The van der Waals surface area contributed by atoms with Crippen LogP contribution in [0.15, 0.2) is 34.6 Å². The molecule has 21 heavy (non-hydrogen) atoms. The van der Waals surface area contributed by atoms with Crippen molar-refractivity contribution in [2.45, 2.75) is 19.4 Å². The van der Waals surface area contributed by atoms with E-state index in [-0.39, 0.29) is 17.2 Å². The number of fused-ring (bicyclic) bond motifs is 1. The van der Waals surface area contributed by atoms with Crippen LogP contribution in [0.2, 0.25) is 0 Å². The molecule has 0 aliphatic heterocycles. The summed E-state index contributed by atoms with van der Waals surface area (Å²) >= 11 is 1.52. The SMILES string of the molecule is CC(Cn1c(=O)[nH]c2cccc(C(=O)O)c21)c1nccs1. The van der Waals surface area contributed by atoms with Crippen LogP contribution in [0, 0.1) is 0 Å². The van der Waals surface area contributed by atoms with Gasteiger partial charge in [-0.3, -0.25) is 4.57 Å². The van der Waals surface area contributed by atoms with Crippen LogP contribution in [-0.4, -0.2) is 25.6 Å². The summed E-state index contributed by atoms with van der Waals surface area (Å²) in [5.74, 6) is -1.01. The Morgan fingerprint density at radius 2 is 2.33 bits per heavy atom. The molecule has 1 aromatic carbocycles. The lowest BCUT2D eigenvalue weighted by Gasteiger charge is -2.10. The summed E-state index contributed by atoms with van der Waals surface area (Å²) in [4.78, 5) is 30.4. The van der Waals surface area contributed by atoms with Crippen LogP contribution in [0.3, 0.4) is 0 Å². The third-order valence-corrected chi connectivity index (χ3v) is 4.36. The number of carboxylic acids is 1. The van der Waals surface area contributed by atoms with Gasteiger partial charge in [0.05, 0.1) is 21.6 Å². The lowest BCUT2D eigenvalue weighted by molar-refractivity contribution is 0.0698. The normalized spacial score (nSPS) is 12.6. The van der Waals surface area contributed by atoms with Crippen molar-refractivity contribution in [1.82, 2.24) is 14.5 Å². The Balaban J connectivity index is 2.12. The van der Waals surface area contributed by atoms with Gasteiger partial charge in [0.25, 0.3) is 0 Å². The number of nitrogens with zero attached hydrogens (tertiary/aromatic N) is 2. The maximum absolute atomic E-state index is 12.1. The highest BCUT2D eigenvalue weighted by Gasteiger charge is 2.18. The second kappa shape index (κ2) is 5.17. The molecule has 2 heterocycles. The molecule has 6 nitrogen and oxygen atoms in total. The van der Waals surface area contributed by atoms with E-state index in [0.717, 1.165) is 5.01 Å². The first-order valence-electron chi connectivity index (χ1n) is 6.42. The first-order chi connectivity index (χ1) is 10.1. The van der Waals surface area contributed by atoms with Crippen molar-refractivity contribution in [3.8, 4) is 0 Å². The van der Waals surface area contributed by atoms with E-state index < -0.39 is 5.97 Å². The van der Waals surface area contributed by atoms with E-state index in [2.05, 4.69) is 9.97 Å². The predicted molar refractivity (Wildman–Crippen MR) is 80.0 cm³/mol. The standard InChI is InChI=1S/C14H13N3O3S/c1-8(12-15-5-6-21-12)7-17-11-9(13(18)19)3-2-4-10(11)16-14(17)20/h2-6,8H,7H2,1H3,(H,16,20)(H,18,19). The number of rotatable bonds is 4. The van der Waals surface area contributed by atoms with Gasteiger partial charge in [-0.05, 0) is 12.1 Å². The number of nitrogens with one attached hydrogen (secondary N) is 1. The number of benzene rings is 1. The maximum atomic E-state index is 12.1.